The first-order valence-corrected chi connectivity index (χ1v) is 8.41. The van der Waals surface area contributed by atoms with E-state index in [-0.39, 0.29) is 0 Å². The van der Waals surface area contributed by atoms with Crippen molar-refractivity contribution >= 4 is 17.3 Å². The van der Waals surface area contributed by atoms with Crippen molar-refractivity contribution in [1.82, 2.24) is 9.91 Å². The second-order valence-corrected chi connectivity index (χ2v) is 6.28. The second-order valence-electron chi connectivity index (χ2n) is 5.87. The first kappa shape index (κ1) is 16.0. The fraction of sp³-hybridized carbons (Fsp3) is 0.316. The van der Waals surface area contributed by atoms with Gasteiger partial charge in [0.25, 0.3) is 0 Å². The molecule has 0 aromatic heterocycles. The van der Waals surface area contributed by atoms with Gasteiger partial charge >= 0.3 is 0 Å². The van der Waals surface area contributed by atoms with E-state index in [4.69, 9.17) is 16.7 Å². The number of rotatable bonds is 4. The molecule has 0 radical (unpaired) electrons. The minimum absolute atomic E-state index is 0.855. The van der Waals surface area contributed by atoms with Crippen molar-refractivity contribution in [2.45, 2.75) is 13.5 Å². The van der Waals surface area contributed by atoms with E-state index in [1.165, 1.54) is 11.1 Å². The number of hydrazone groups is 1. The highest BCUT2D eigenvalue weighted by atomic mass is 35.5. The van der Waals surface area contributed by atoms with Crippen LogP contribution in [-0.2, 0) is 6.54 Å². The molecule has 2 aromatic carbocycles. The SMILES string of the molecule is C/C(=N/N1CCN(Cc2ccccc2Cl)CC1)c1ccccc1. The highest BCUT2D eigenvalue weighted by Gasteiger charge is 2.16. The Labute approximate surface area is 143 Å². The van der Waals surface area contributed by atoms with Crippen LogP contribution in [0.3, 0.4) is 0 Å². The first-order chi connectivity index (χ1) is 11.2. The van der Waals surface area contributed by atoms with Crippen molar-refractivity contribution in [3.05, 3.63) is 70.7 Å². The standard InChI is InChI=1S/C19H22ClN3/c1-16(17-7-3-2-4-8-17)21-23-13-11-22(12-14-23)15-18-9-5-6-10-19(18)20/h2-10H,11-15H2,1H3/b21-16-. The summed E-state index contributed by atoms with van der Waals surface area (Å²) in [6.45, 7) is 6.91. The molecule has 1 aliphatic heterocycles. The monoisotopic (exact) mass is 327 g/mol. The van der Waals surface area contributed by atoms with Crippen LogP contribution < -0.4 is 0 Å². The van der Waals surface area contributed by atoms with E-state index in [2.05, 4.69) is 47.2 Å². The lowest BCUT2D eigenvalue weighted by Gasteiger charge is -2.33. The lowest BCUT2D eigenvalue weighted by molar-refractivity contribution is 0.130. The van der Waals surface area contributed by atoms with E-state index < -0.39 is 0 Å². The number of piperazine rings is 1. The number of nitrogens with zero attached hydrogens (tertiary/aromatic N) is 3. The van der Waals surface area contributed by atoms with E-state index in [1.807, 2.05) is 24.3 Å². The molecular formula is C19H22ClN3. The molecule has 1 heterocycles. The summed E-state index contributed by atoms with van der Waals surface area (Å²) >= 11 is 6.25. The van der Waals surface area contributed by atoms with Crippen LogP contribution in [0.4, 0.5) is 0 Å². The summed E-state index contributed by atoms with van der Waals surface area (Å²) < 4.78 is 0. The molecule has 0 N–H and O–H groups in total. The predicted molar refractivity (Wildman–Crippen MR) is 97.0 cm³/mol. The van der Waals surface area contributed by atoms with Gasteiger partial charge in [-0.05, 0) is 24.1 Å². The lowest BCUT2D eigenvalue weighted by Crippen LogP contribution is -2.43. The average Bonchev–Trinajstić information content (AvgIpc) is 2.59. The van der Waals surface area contributed by atoms with Crippen LogP contribution >= 0.6 is 11.6 Å². The summed E-state index contributed by atoms with van der Waals surface area (Å²) in [4.78, 5) is 2.44. The normalized spacial score (nSPS) is 16.6. The number of halogens is 1. The molecular weight excluding hydrogens is 306 g/mol. The third-order valence-corrected chi connectivity index (χ3v) is 4.55. The van der Waals surface area contributed by atoms with Crippen LogP contribution in [-0.4, -0.2) is 41.8 Å². The van der Waals surface area contributed by atoms with E-state index >= 15 is 0 Å². The van der Waals surface area contributed by atoms with Crippen molar-refractivity contribution in [1.29, 1.82) is 0 Å². The summed E-state index contributed by atoms with van der Waals surface area (Å²) in [5.41, 5.74) is 3.46. The van der Waals surface area contributed by atoms with Gasteiger partial charge in [-0.2, -0.15) is 5.10 Å². The molecule has 0 amide bonds. The molecule has 3 rings (SSSR count). The summed E-state index contributed by atoms with van der Waals surface area (Å²) in [5.74, 6) is 0. The largest absolute Gasteiger partial charge is 0.295 e. The predicted octanol–water partition coefficient (Wildman–Crippen LogP) is 3.88. The van der Waals surface area contributed by atoms with Crippen molar-refractivity contribution in [3.63, 3.8) is 0 Å². The highest BCUT2D eigenvalue weighted by molar-refractivity contribution is 6.31. The Bertz CT molecular complexity index is 661. The van der Waals surface area contributed by atoms with Crippen molar-refractivity contribution in [2.24, 2.45) is 5.10 Å². The van der Waals surface area contributed by atoms with Crippen molar-refractivity contribution < 1.29 is 0 Å². The molecule has 0 atom stereocenters. The van der Waals surface area contributed by atoms with Gasteiger partial charge in [0.05, 0.1) is 5.71 Å². The van der Waals surface area contributed by atoms with Gasteiger partial charge in [-0.3, -0.25) is 9.91 Å². The fourth-order valence-electron chi connectivity index (χ4n) is 2.81. The molecule has 1 aliphatic rings. The highest BCUT2D eigenvalue weighted by Crippen LogP contribution is 2.18. The van der Waals surface area contributed by atoms with Crippen molar-refractivity contribution in [3.8, 4) is 0 Å². The minimum atomic E-state index is 0.855. The Morgan fingerprint density at radius 3 is 2.30 bits per heavy atom. The number of hydrogen-bond donors (Lipinski definition) is 0. The Hall–Kier alpha value is -1.84. The van der Waals surface area contributed by atoms with Gasteiger partial charge in [-0.25, -0.2) is 0 Å². The van der Waals surface area contributed by atoms with E-state index in [0.717, 1.165) is 43.5 Å². The molecule has 1 saturated heterocycles. The van der Waals surface area contributed by atoms with E-state index in [1.54, 1.807) is 0 Å². The Morgan fingerprint density at radius 2 is 1.61 bits per heavy atom. The zero-order chi connectivity index (χ0) is 16.1. The molecule has 0 bridgehead atoms. The summed E-state index contributed by atoms with van der Waals surface area (Å²) in [5, 5.41) is 7.79. The van der Waals surface area contributed by atoms with Crippen LogP contribution in [0.5, 0.6) is 0 Å². The maximum Gasteiger partial charge on any atom is 0.0646 e. The molecule has 2 aromatic rings. The lowest BCUT2D eigenvalue weighted by atomic mass is 10.1. The van der Waals surface area contributed by atoms with Gasteiger partial charge in [0.1, 0.15) is 0 Å². The van der Waals surface area contributed by atoms with Gasteiger partial charge < -0.3 is 0 Å². The molecule has 0 unspecified atom stereocenters. The number of hydrogen-bond acceptors (Lipinski definition) is 3. The quantitative estimate of drug-likeness (QED) is 0.794. The fourth-order valence-corrected chi connectivity index (χ4v) is 3.01. The molecule has 1 fully saturated rings. The van der Waals surface area contributed by atoms with E-state index in [9.17, 15) is 0 Å². The zero-order valence-electron chi connectivity index (χ0n) is 13.5. The summed E-state index contributed by atoms with van der Waals surface area (Å²) in [6, 6.07) is 18.4. The minimum Gasteiger partial charge on any atom is -0.295 e. The second kappa shape index (κ2) is 7.62. The molecule has 120 valence electrons. The van der Waals surface area contributed by atoms with Crippen molar-refractivity contribution in [2.75, 3.05) is 26.2 Å². The van der Waals surface area contributed by atoms with Crippen LogP contribution in [0, 0.1) is 0 Å². The van der Waals surface area contributed by atoms with Crippen LogP contribution in [0.2, 0.25) is 5.02 Å². The summed E-state index contributed by atoms with van der Waals surface area (Å²) in [6.07, 6.45) is 0. The zero-order valence-corrected chi connectivity index (χ0v) is 14.2. The molecule has 4 heteroatoms. The maximum atomic E-state index is 6.25. The van der Waals surface area contributed by atoms with Gasteiger partial charge in [0.15, 0.2) is 0 Å². The maximum absolute atomic E-state index is 6.25. The van der Waals surface area contributed by atoms with Gasteiger partial charge in [-0.15, -0.1) is 0 Å². The van der Waals surface area contributed by atoms with Crippen LogP contribution in [0.25, 0.3) is 0 Å². The summed E-state index contributed by atoms with van der Waals surface area (Å²) in [7, 11) is 0. The van der Waals surface area contributed by atoms with Crippen LogP contribution in [0.15, 0.2) is 59.7 Å². The third-order valence-electron chi connectivity index (χ3n) is 4.18. The smallest absolute Gasteiger partial charge is 0.0646 e. The molecule has 0 aliphatic carbocycles. The average molecular weight is 328 g/mol. The van der Waals surface area contributed by atoms with Crippen LogP contribution in [0.1, 0.15) is 18.1 Å². The Morgan fingerprint density at radius 1 is 0.957 bits per heavy atom. The molecule has 23 heavy (non-hydrogen) atoms. The molecule has 0 spiro atoms. The topological polar surface area (TPSA) is 18.8 Å². The van der Waals surface area contributed by atoms with E-state index in [0.29, 0.717) is 0 Å². The Kier molecular flexibility index (Phi) is 5.31. The van der Waals surface area contributed by atoms with Gasteiger partial charge in [-0.1, -0.05) is 60.1 Å². The molecule has 3 nitrogen and oxygen atoms in total. The van der Waals surface area contributed by atoms with Gasteiger partial charge in [0, 0.05) is 37.7 Å². The third kappa shape index (κ3) is 4.34. The first-order valence-electron chi connectivity index (χ1n) is 8.04. The van der Waals surface area contributed by atoms with Gasteiger partial charge in [0.2, 0.25) is 0 Å². The molecule has 0 saturated carbocycles. The Balaban J connectivity index is 1.55. The number of benzene rings is 2.